The maximum absolute atomic E-state index is 12.2. The molecule has 0 aliphatic heterocycles. The van der Waals surface area contributed by atoms with Crippen LogP contribution >= 0.6 is 12.2 Å². The molecule has 0 atom stereocenters. The molecule has 0 unspecified atom stereocenters. The van der Waals surface area contributed by atoms with E-state index >= 15 is 0 Å². The number of benzene rings is 3. The third-order valence-corrected chi connectivity index (χ3v) is 4.65. The van der Waals surface area contributed by atoms with E-state index in [1.54, 1.807) is 12.1 Å². The number of thiocarbonyl (C=S) groups is 1. The van der Waals surface area contributed by atoms with E-state index in [-0.39, 0.29) is 17.3 Å². The first-order chi connectivity index (χ1) is 16.0. The Morgan fingerprint density at radius 2 is 1.39 bits per heavy atom. The Labute approximate surface area is 195 Å². The van der Waals surface area contributed by atoms with Crippen molar-refractivity contribution in [2.24, 2.45) is 0 Å². The lowest BCUT2D eigenvalue weighted by molar-refractivity contribution is -0.123. The van der Waals surface area contributed by atoms with Gasteiger partial charge in [-0.15, -0.1) is 0 Å². The number of esters is 1. The summed E-state index contributed by atoms with van der Waals surface area (Å²) in [5.41, 5.74) is 7.50. The Morgan fingerprint density at radius 3 is 2.03 bits per heavy atom. The lowest BCUT2D eigenvalue weighted by Crippen LogP contribution is -2.49. The Kier molecular flexibility index (Phi) is 8.09. The molecule has 0 fully saturated rings. The highest BCUT2D eigenvalue weighted by molar-refractivity contribution is 7.80. The predicted molar refractivity (Wildman–Crippen MR) is 126 cm³/mol. The molecule has 0 radical (unpaired) electrons. The third-order valence-electron chi connectivity index (χ3n) is 4.44. The van der Waals surface area contributed by atoms with Crippen LogP contribution in [0.4, 0.5) is 0 Å². The highest BCUT2D eigenvalue weighted by Crippen LogP contribution is 2.21. The molecular formula is C24H21N3O5S. The Hall–Kier alpha value is -4.24. The average molecular weight is 464 g/mol. The molecule has 3 aromatic carbocycles. The Morgan fingerprint density at radius 1 is 0.788 bits per heavy atom. The molecule has 2 amide bonds. The minimum absolute atomic E-state index is 0.0994. The van der Waals surface area contributed by atoms with Gasteiger partial charge < -0.3 is 9.47 Å². The standard InChI is InChI=1S/C24H21N3O5S/c1-31-23(30)19-9-7-18(8-10-19)22(29)25-24(33)27-26-21(28)15-32-20-13-11-17(12-14-20)16-5-3-2-4-6-16/h2-14H,15H2,1H3,(H,26,28)(H2,25,27,29,33). The van der Waals surface area contributed by atoms with E-state index in [0.29, 0.717) is 11.3 Å². The van der Waals surface area contributed by atoms with E-state index in [2.05, 4.69) is 20.9 Å². The van der Waals surface area contributed by atoms with Crippen molar-refractivity contribution >= 4 is 35.1 Å². The number of hydrogen-bond acceptors (Lipinski definition) is 6. The van der Waals surface area contributed by atoms with Crippen LogP contribution in [0.5, 0.6) is 5.75 Å². The van der Waals surface area contributed by atoms with E-state index in [1.165, 1.54) is 31.4 Å². The molecule has 0 saturated heterocycles. The molecule has 9 heteroatoms. The second-order valence-corrected chi connectivity index (χ2v) is 7.11. The molecule has 3 rings (SSSR count). The van der Waals surface area contributed by atoms with Gasteiger partial charge in [0.15, 0.2) is 11.7 Å². The first-order valence-electron chi connectivity index (χ1n) is 9.83. The smallest absolute Gasteiger partial charge is 0.337 e. The summed E-state index contributed by atoms with van der Waals surface area (Å²) in [6.45, 7) is -0.247. The zero-order valence-corrected chi connectivity index (χ0v) is 18.5. The van der Waals surface area contributed by atoms with Gasteiger partial charge in [0.05, 0.1) is 12.7 Å². The van der Waals surface area contributed by atoms with E-state index in [0.717, 1.165) is 11.1 Å². The fraction of sp³-hybridized carbons (Fsp3) is 0.0833. The molecule has 0 aromatic heterocycles. The van der Waals surface area contributed by atoms with Crippen LogP contribution in [0.15, 0.2) is 78.9 Å². The number of ether oxygens (including phenoxy) is 2. The number of hydrogen-bond donors (Lipinski definition) is 3. The molecule has 0 bridgehead atoms. The van der Waals surface area contributed by atoms with Gasteiger partial charge >= 0.3 is 5.97 Å². The summed E-state index contributed by atoms with van der Waals surface area (Å²) >= 11 is 5.00. The number of hydrazine groups is 1. The summed E-state index contributed by atoms with van der Waals surface area (Å²) in [5.74, 6) is -0.957. The molecule has 0 aliphatic rings. The zero-order chi connectivity index (χ0) is 23.6. The molecule has 0 heterocycles. The van der Waals surface area contributed by atoms with Crippen LogP contribution in [0, 0.1) is 0 Å². The molecule has 0 aliphatic carbocycles. The number of rotatable bonds is 6. The highest BCUT2D eigenvalue weighted by Gasteiger charge is 2.11. The maximum atomic E-state index is 12.2. The first-order valence-corrected chi connectivity index (χ1v) is 10.2. The summed E-state index contributed by atoms with van der Waals surface area (Å²) in [4.78, 5) is 35.6. The van der Waals surface area contributed by atoms with Crippen LogP contribution in [-0.4, -0.2) is 36.6 Å². The van der Waals surface area contributed by atoms with Crippen molar-refractivity contribution in [3.8, 4) is 16.9 Å². The van der Waals surface area contributed by atoms with Gasteiger partial charge in [0, 0.05) is 5.56 Å². The number of methoxy groups -OCH3 is 1. The third kappa shape index (κ3) is 6.88. The van der Waals surface area contributed by atoms with Gasteiger partial charge in [-0.2, -0.15) is 0 Å². The van der Waals surface area contributed by atoms with Crippen LogP contribution in [0.1, 0.15) is 20.7 Å². The van der Waals surface area contributed by atoms with E-state index in [4.69, 9.17) is 17.0 Å². The second kappa shape index (κ2) is 11.4. The normalized spacial score (nSPS) is 9.97. The van der Waals surface area contributed by atoms with Crippen molar-refractivity contribution in [1.82, 2.24) is 16.2 Å². The minimum atomic E-state index is -0.507. The summed E-state index contributed by atoms with van der Waals surface area (Å²) in [6.07, 6.45) is 0. The number of amides is 2. The van der Waals surface area contributed by atoms with Gasteiger partial charge in [-0.3, -0.25) is 25.8 Å². The van der Waals surface area contributed by atoms with Crippen LogP contribution < -0.4 is 20.9 Å². The summed E-state index contributed by atoms with van der Waals surface area (Å²) in [6, 6.07) is 23.1. The number of carbonyl (C=O) groups excluding carboxylic acids is 3. The second-order valence-electron chi connectivity index (χ2n) is 6.70. The van der Waals surface area contributed by atoms with Gasteiger partial charge in [0.1, 0.15) is 5.75 Å². The van der Waals surface area contributed by atoms with Crippen molar-refractivity contribution in [2.45, 2.75) is 0 Å². The van der Waals surface area contributed by atoms with Crippen LogP contribution in [0.2, 0.25) is 0 Å². The number of carbonyl (C=O) groups is 3. The molecule has 33 heavy (non-hydrogen) atoms. The van der Waals surface area contributed by atoms with E-state index in [9.17, 15) is 14.4 Å². The van der Waals surface area contributed by atoms with Crippen molar-refractivity contribution in [2.75, 3.05) is 13.7 Å². The lowest BCUT2D eigenvalue weighted by Gasteiger charge is -2.12. The van der Waals surface area contributed by atoms with Crippen LogP contribution in [0.3, 0.4) is 0 Å². The van der Waals surface area contributed by atoms with Crippen molar-refractivity contribution in [1.29, 1.82) is 0 Å². The predicted octanol–water partition coefficient (Wildman–Crippen LogP) is 2.85. The fourth-order valence-corrected chi connectivity index (χ4v) is 2.91. The van der Waals surface area contributed by atoms with Gasteiger partial charge in [-0.1, -0.05) is 42.5 Å². The maximum Gasteiger partial charge on any atom is 0.337 e. The summed E-state index contributed by atoms with van der Waals surface area (Å²) < 4.78 is 10.1. The molecule has 3 N–H and O–H groups in total. The van der Waals surface area contributed by atoms with Crippen molar-refractivity contribution in [3.05, 3.63) is 90.0 Å². The number of nitrogens with one attached hydrogen (secondary N) is 3. The molecule has 3 aromatic rings. The summed E-state index contributed by atoms with van der Waals surface area (Å²) in [5, 5.41) is 2.32. The monoisotopic (exact) mass is 463 g/mol. The highest BCUT2D eigenvalue weighted by atomic mass is 32.1. The molecule has 8 nitrogen and oxygen atoms in total. The van der Waals surface area contributed by atoms with Crippen molar-refractivity contribution < 1.29 is 23.9 Å². The Bertz CT molecular complexity index is 1130. The lowest BCUT2D eigenvalue weighted by atomic mass is 10.1. The van der Waals surface area contributed by atoms with Gasteiger partial charge in [-0.05, 0) is 59.7 Å². The fourth-order valence-electron chi connectivity index (χ4n) is 2.77. The quantitative estimate of drug-likeness (QED) is 0.293. The van der Waals surface area contributed by atoms with Crippen molar-refractivity contribution in [3.63, 3.8) is 0 Å². The molecule has 168 valence electrons. The minimum Gasteiger partial charge on any atom is -0.484 e. The SMILES string of the molecule is COC(=O)c1ccc(C(=O)NC(=S)NNC(=O)COc2ccc(-c3ccccc3)cc2)cc1. The topological polar surface area (TPSA) is 106 Å². The van der Waals surface area contributed by atoms with Gasteiger partial charge in [0.25, 0.3) is 11.8 Å². The molecule has 0 saturated carbocycles. The van der Waals surface area contributed by atoms with Crippen LogP contribution in [0.25, 0.3) is 11.1 Å². The van der Waals surface area contributed by atoms with E-state index in [1.807, 2.05) is 42.5 Å². The summed E-state index contributed by atoms with van der Waals surface area (Å²) in [7, 11) is 1.27. The molecule has 0 spiro atoms. The zero-order valence-electron chi connectivity index (χ0n) is 17.7. The first kappa shape index (κ1) is 23.4. The molecular weight excluding hydrogens is 442 g/mol. The average Bonchev–Trinajstić information content (AvgIpc) is 2.86. The van der Waals surface area contributed by atoms with Crippen LogP contribution in [-0.2, 0) is 9.53 Å². The van der Waals surface area contributed by atoms with Gasteiger partial charge in [0.2, 0.25) is 0 Å². The van der Waals surface area contributed by atoms with Gasteiger partial charge in [-0.25, -0.2) is 4.79 Å². The largest absolute Gasteiger partial charge is 0.484 e. The van der Waals surface area contributed by atoms with E-state index < -0.39 is 17.8 Å². The Balaban J connectivity index is 1.40.